The molecule has 0 spiro atoms. The lowest BCUT2D eigenvalue weighted by Crippen LogP contribution is -2.11. The molecule has 1 aromatic carbocycles. The smallest absolute Gasteiger partial charge is 0.121 e. The van der Waals surface area contributed by atoms with Crippen LogP contribution in [0.1, 0.15) is 83.2 Å². The van der Waals surface area contributed by atoms with Crippen LogP contribution < -0.4 is 0 Å². The van der Waals surface area contributed by atoms with Crippen LogP contribution >= 0.6 is 15.8 Å². The first-order chi connectivity index (χ1) is 11.9. The number of phenolic OH excluding ortho intramolecular Hbond substituents is 1. The molecular weight excluding hydrogens is 354 g/mol. The second-order valence-electron chi connectivity index (χ2n) is 8.90. The van der Waals surface area contributed by atoms with E-state index in [0.29, 0.717) is 5.75 Å². The minimum atomic E-state index is -0.0728. The summed E-state index contributed by atoms with van der Waals surface area (Å²) >= 11 is 0. The highest BCUT2D eigenvalue weighted by molar-refractivity contribution is 7.58. The van der Waals surface area contributed by atoms with Gasteiger partial charge in [-0.15, -0.1) is 0 Å². The summed E-state index contributed by atoms with van der Waals surface area (Å²) < 4.78 is 0. The molecular formula is C23H42OP2. The predicted octanol–water partition coefficient (Wildman–Crippen LogP) is 7.91. The minimum Gasteiger partial charge on any atom is -0.507 e. The maximum Gasteiger partial charge on any atom is 0.121 e. The zero-order chi connectivity index (χ0) is 20.3. The van der Waals surface area contributed by atoms with Gasteiger partial charge < -0.3 is 5.11 Å². The van der Waals surface area contributed by atoms with Gasteiger partial charge in [-0.25, -0.2) is 0 Å². The fourth-order valence-corrected chi connectivity index (χ4v) is 9.60. The molecule has 0 saturated heterocycles. The van der Waals surface area contributed by atoms with Crippen LogP contribution in [0.5, 0.6) is 5.75 Å². The molecule has 26 heavy (non-hydrogen) atoms. The van der Waals surface area contributed by atoms with Crippen molar-refractivity contribution in [2.75, 3.05) is 0 Å². The average molecular weight is 397 g/mol. The molecule has 0 aliphatic heterocycles. The molecule has 0 bridgehead atoms. The van der Waals surface area contributed by atoms with Crippen molar-refractivity contribution in [2.45, 2.75) is 111 Å². The Kier molecular flexibility index (Phi) is 9.10. The summed E-state index contributed by atoms with van der Waals surface area (Å²) in [7, 11) is -0.146. The fraction of sp³-hybridized carbons (Fsp3) is 0.739. The maximum atomic E-state index is 10.9. The van der Waals surface area contributed by atoms with E-state index in [4.69, 9.17) is 0 Å². The first-order valence-electron chi connectivity index (χ1n) is 10.2. The molecule has 0 aliphatic carbocycles. The van der Waals surface area contributed by atoms with Gasteiger partial charge in [-0.1, -0.05) is 71.2 Å². The molecule has 1 aromatic rings. The van der Waals surface area contributed by atoms with Crippen LogP contribution in [-0.4, -0.2) is 27.7 Å². The van der Waals surface area contributed by atoms with Crippen molar-refractivity contribution < 1.29 is 5.11 Å². The SMILES string of the molecule is Cc1c(O)c(C)c(CP(C(C)C)C(C)C)c(C)c1CP(C(C)C)C(C)C. The van der Waals surface area contributed by atoms with E-state index in [0.717, 1.165) is 46.1 Å². The van der Waals surface area contributed by atoms with E-state index in [-0.39, 0.29) is 15.8 Å². The first-order valence-corrected chi connectivity index (χ1v) is 13.5. The summed E-state index contributed by atoms with van der Waals surface area (Å²) in [6.07, 6.45) is 2.29. The molecule has 0 saturated carbocycles. The van der Waals surface area contributed by atoms with Crippen LogP contribution in [0.2, 0.25) is 0 Å². The summed E-state index contributed by atoms with van der Waals surface area (Å²) in [6, 6.07) is 0. The highest BCUT2D eigenvalue weighted by Crippen LogP contribution is 2.53. The molecule has 0 atom stereocenters. The van der Waals surface area contributed by atoms with E-state index >= 15 is 0 Å². The number of benzene rings is 1. The van der Waals surface area contributed by atoms with Gasteiger partial charge in [0.1, 0.15) is 5.75 Å². The molecule has 150 valence electrons. The lowest BCUT2D eigenvalue weighted by Gasteiger charge is -2.31. The number of hydrogen-bond acceptors (Lipinski definition) is 1. The van der Waals surface area contributed by atoms with E-state index in [2.05, 4.69) is 76.2 Å². The van der Waals surface area contributed by atoms with Crippen molar-refractivity contribution in [3.8, 4) is 5.75 Å². The molecule has 0 fully saturated rings. The van der Waals surface area contributed by atoms with E-state index in [1.807, 2.05) is 0 Å². The summed E-state index contributed by atoms with van der Waals surface area (Å²) in [4.78, 5) is 0. The lowest BCUT2D eigenvalue weighted by molar-refractivity contribution is 0.465. The van der Waals surface area contributed by atoms with Gasteiger partial charge in [0.15, 0.2) is 0 Å². The summed E-state index contributed by atoms with van der Waals surface area (Å²) in [5.41, 5.74) is 9.45. The zero-order valence-electron chi connectivity index (χ0n) is 19.1. The van der Waals surface area contributed by atoms with E-state index < -0.39 is 0 Å². The quantitative estimate of drug-likeness (QED) is 0.443. The summed E-state index contributed by atoms with van der Waals surface area (Å²) in [5.74, 6) is 0.547. The second kappa shape index (κ2) is 9.89. The second-order valence-corrected chi connectivity index (χ2v) is 15.7. The van der Waals surface area contributed by atoms with Crippen LogP contribution in [0, 0.1) is 20.8 Å². The number of phenols is 1. The molecule has 1 nitrogen and oxygen atoms in total. The standard InChI is InChI=1S/C23H42OP2/c1-14(2)25(15(3)4)12-21-18(9)22(20(11)23(24)19(21)10)13-26(16(5)6)17(7)8/h14-17,24H,12-13H2,1-11H3. The maximum absolute atomic E-state index is 10.9. The summed E-state index contributed by atoms with van der Waals surface area (Å²) in [5, 5.41) is 10.9. The molecule has 0 amide bonds. The zero-order valence-corrected chi connectivity index (χ0v) is 20.9. The van der Waals surface area contributed by atoms with E-state index in [1.54, 1.807) is 0 Å². The van der Waals surface area contributed by atoms with Crippen molar-refractivity contribution in [3.05, 3.63) is 27.8 Å². The normalized spacial score (nSPS) is 12.7. The Balaban J connectivity index is 3.44. The Labute approximate surface area is 165 Å². The third kappa shape index (κ3) is 5.45. The van der Waals surface area contributed by atoms with Gasteiger partial charge in [0.25, 0.3) is 0 Å². The lowest BCUT2D eigenvalue weighted by atomic mass is 9.94. The Morgan fingerprint density at radius 1 is 0.577 bits per heavy atom. The predicted molar refractivity (Wildman–Crippen MR) is 124 cm³/mol. The Morgan fingerprint density at radius 3 is 1.08 bits per heavy atom. The number of rotatable bonds is 8. The number of hydrogen-bond donors (Lipinski definition) is 1. The highest BCUT2D eigenvalue weighted by Gasteiger charge is 2.25. The highest BCUT2D eigenvalue weighted by atomic mass is 31.1. The molecule has 0 aliphatic rings. The van der Waals surface area contributed by atoms with E-state index in [1.165, 1.54) is 16.7 Å². The topological polar surface area (TPSA) is 20.2 Å². The number of aromatic hydroxyl groups is 1. The van der Waals surface area contributed by atoms with Gasteiger partial charge in [-0.3, -0.25) is 0 Å². The van der Waals surface area contributed by atoms with Crippen molar-refractivity contribution >= 4 is 15.8 Å². The molecule has 3 heteroatoms. The van der Waals surface area contributed by atoms with Crippen molar-refractivity contribution in [1.29, 1.82) is 0 Å². The first kappa shape index (κ1) is 23.9. The molecule has 1 rings (SSSR count). The van der Waals surface area contributed by atoms with Crippen LogP contribution in [0.4, 0.5) is 0 Å². The van der Waals surface area contributed by atoms with Gasteiger partial charge in [-0.2, -0.15) is 0 Å². The van der Waals surface area contributed by atoms with Gasteiger partial charge in [0.2, 0.25) is 0 Å². The Bertz CT molecular complexity index is 538. The third-order valence-electron chi connectivity index (χ3n) is 5.86. The van der Waals surface area contributed by atoms with Crippen LogP contribution in [-0.2, 0) is 12.3 Å². The minimum absolute atomic E-state index is 0.0728. The van der Waals surface area contributed by atoms with Gasteiger partial charge in [0.05, 0.1) is 0 Å². The van der Waals surface area contributed by atoms with Crippen LogP contribution in [0.15, 0.2) is 0 Å². The molecule has 1 N–H and O–H groups in total. The summed E-state index contributed by atoms with van der Waals surface area (Å²) in [6.45, 7) is 25.5. The van der Waals surface area contributed by atoms with Crippen LogP contribution in [0.25, 0.3) is 0 Å². The molecule has 0 aromatic heterocycles. The van der Waals surface area contributed by atoms with Crippen LogP contribution in [0.3, 0.4) is 0 Å². The largest absolute Gasteiger partial charge is 0.507 e. The van der Waals surface area contributed by atoms with Crippen molar-refractivity contribution in [1.82, 2.24) is 0 Å². The molecule has 0 unspecified atom stereocenters. The monoisotopic (exact) mass is 396 g/mol. The van der Waals surface area contributed by atoms with Crippen molar-refractivity contribution in [3.63, 3.8) is 0 Å². The third-order valence-corrected chi connectivity index (χ3v) is 12.5. The van der Waals surface area contributed by atoms with Gasteiger partial charge >= 0.3 is 0 Å². The Morgan fingerprint density at radius 2 is 0.846 bits per heavy atom. The fourth-order valence-electron chi connectivity index (χ4n) is 4.07. The van der Waals surface area contributed by atoms with Crippen molar-refractivity contribution in [2.24, 2.45) is 0 Å². The van der Waals surface area contributed by atoms with Gasteiger partial charge in [0, 0.05) is 0 Å². The Hall–Kier alpha value is -0.120. The average Bonchev–Trinajstić information content (AvgIpc) is 2.51. The molecule has 0 radical (unpaired) electrons. The van der Waals surface area contributed by atoms with E-state index in [9.17, 15) is 5.11 Å². The van der Waals surface area contributed by atoms with Gasteiger partial charge in [-0.05, 0) is 83.5 Å². The molecule has 0 heterocycles.